The molecule has 2 N–H and O–H groups in total. The summed E-state index contributed by atoms with van der Waals surface area (Å²) >= 11 is 5.92. The third-order valence-corrected chi connectivity index (χ3v) is 3.74. The van der Waals surface area contributed by atoms with Crippen molar-refractivity contribution in [2.75, 3.05) is 11.9 Å². The van der Waals surface area contributed by atoms with E-state index in [1.807, 2.05) is 31.2 Å². The molecule has 2 heterocycles. The van der Waals surface area contributed by atoms with E-state index < -0.39 is 0 Å². The van der Waals surface area contributed by atoms with Gasteiger partial charge in [0.2, 0.25) is 0 Å². The number of hydrogen-bond donors (Lipinski definition) is 2. The Labute approximate surface area is 132 Å². The number of aromatic nitrogens is 4. The van der Waals surface area contributed by atoms with Crippen LogP contribution in [-0.2, 0) is 0 Å². The van der Waals surface area contributed by atoms with Crippen LogP contribution >= 0.6 is 11.6 Å². The van der Waals surface area contributed by atoms with Crippen LogP contribution in [0.4, 0.5) is 5.82 Å². The molecule has 0 saturated heterocycles. The summed E-state index contributed by atoms with van der Waals surface area (Å²) in [6.07, 6.45) is 4.01. The Bertz CT molecular complexity index is 767. The first-order valence-corrected chi connectivity index (χ1v) is 7.42. The van der Waals surface area contributed by atoms with Crippen molar-refractivity contribution < 1.29 is 5.11 Å². The number of aliphatic hydroxyl groups is 1. The molecule has 7 heteroatoms. The van der Waals surface area contributed by atoms with E-state index in [1.54, 1.807) is 10.9 Å². The lowest BCUT2D eigenvalue weighted by Gasteiger charge is -2.14. The summed E-state index contributed by atoms with van der Waals surface area (Å²) in [5.41, 5.74) is 1.57. The van der Waals surface area contributed by atoms with Gasteiger partial charge >= 0.3 is 0 Å². The summed E-state index contributed by atoms with van der Waals surface area (Å²) in [6.45, 7) is 2.05. The molecule has 1 aromatic carbocycles. The minimum absolute atomic E-state index is 0.0445. The van der Waals surface area contributed by atoms with Crippen LogP contribution in [0.25, 0.3) is 16.7 Å². The molecule has 0 amide bonds. The molecule has 114 valence electrons. The highest BCUT2D eigenvalue weighted by molar-refractivity contribution is 6.30. The first kappa shape index (κ1) is 14.7. The maximum Gasteiger partial charge on any atom is 0.168 e. The SMILES string of the molecule is CC[C@@H](CO)Nc1ncnc2c1cnn2-c1ccc(Cl)cc1. The van der Waals surface area contributed by atoms with Crippen LogP contribution in [0, 0.1) is 0 Å². The molecule has 3 rings (SSSR count). The van der Waals surface area contributed by atoms with Crippen molar-refractivity contribution in [1.82, 2.24) is 19.7 Å². The fourth-order valence-corrected chi connectivity index (χ4v) is 2.33. The Morgan fingerprint density at radius 1 is 1.27 bits per heavy atom. The van der Waals surface area contributed by atoms with Gasteiger partial charge in [-0.2, -0.15) is 5.10 Å². The van der Waals surface area contributed by atoms with E-state index in [1.165, 1.54) is 6.33 Å². The predicted octanol–water partition coefficient (Wildman–Crippen LogP) is 2.65. The fourth-order valence-electron chi connectivity index (χ4n) is 2.20. The van der Waals surface area contributed by atoms with Crippen molar-refractivity contribution in [2.45, 2.75) is 19.4 Å². The van der Waals surface area contributed by atoms with Crippen molar-refractivity contribution in [3.05, 3.63) is 41.8 Å². The first-order valence-electron chi connectivity index (χ1n) is 7.05. The van der Waals surface area contributed by atoms with Gasteiger partial charge in [0.15, 0.2) is 5.65 Å². The molecule has 6 nitrogen and oxygen atoms in total. The first-order chi connectivity index (χ1) is 10.7. The molecule has 0 saturated carbocycles. The molecule has 1 atom stereocenters. The Morgan fingerprint density at radius 3 is 2.73 bits per heavy atom. The van der Waals surface area contributed by atoms with Crippen molar-refractivity contribution >= 4 is 28.5 Å². The Hall–Kier alpha value is -2.18. The molecule has 0 unspecified atom stereocenters. The number of halogens is 1. The quantitative estimate of drug-likeness (QED) is 0.756. The zero-order valence-electron chi connectivity index (χ0n) is 12.1. The second kappa shape index (κ2) is 6.29. The van der Waals surface area contributed by atoms with Gasteiger partial charge in [0, 0.05) is 5.02 Å². The lowest BCUT2D eigenvalue weighted by molar-refractivity contribution is 0.271. The fraction of sp³-hybridized carbons (Fsp3) is 0.267. The van der Waals surface area contributed by atoms with Crippen LogP contribution in [0.5, 0.6) is 0 Å². The average molecular weight is 318 g/mol. The molecule has 0 aliphatic heterocycles. The number of nitrogens with one attached hydrogen (secondary N) is 1. The third kappa shape index (κ3) is 2.75. The summed E-state index contributed by atoms with van der Waals surface area (Å²) in [5.74, 6) is 0.672. The van der Waals surface area contributed by atoms with E-state index in [0.717, 1.165) is 17.5 Å². The van der Waals surface area contributed by atoms with Gasteiger partial charge in [-0.25, -0.2) is 14.6 Å². The van der Waals surface area contributed by atoms with Crippen molar-refractivity contribution in [3.63, 3.8) is 0 Å². The molecule has 2 aromatic heterocycles. The van der Waals surface area contributed by atoms with Crippen LogP contribution in [0.3, 0.4) is 0 Å². The smallest absolute Gasteiger partial charge is 0.168 e. The standard InChI is InChI=1S/C15H16ClN5O/c1-2-11(8-22)20-14-13-7-19-21(15(13)18-9-17-14)12-5-3-10(16)4-6-12/h3-7,9,11,22H,2,8H2,1H3,(H,17,18,20)/t11-/m0/s1. The summed E-state index contributed by atoms with van der Waals surface area (Å²) in [7, 11) is 0. The van der Waals surface area contributed by atoms with Crippen LogP contribution in [0.1, 0.15) is 13.3 Å². The molecule has 3 aromatic rings. The van der Waals surface area contributed by atoms with Crippen molar-refractivity contribution in [1.29, 1.82) is 0 Å². The van der Waals surface area contributed by atoms with Gasteiger partial charge in [-0.3, -0.25) is 0 Å². The molecule has 0 bridgehead atoms. The van der Waals surface area contributed by atoms with E-state index in [9.17, 15) is 5.11 Å². The number of aliphatic hydroxyl groups excluding tert-OH is 1. The molecular weight excluding hydrogens is 302 g/mol. The van der Waals surface area contributed by atoms with E-state index in [-0.39, 0.29) is 12.6 Å². The van der Waals surface area contributed by atoms with Gasteiger partial charge < -0.3 is 10.4 Å². The van der Waals surface area contributed by atoms with Crippen molar-refractivity contribution in [3.8, 4) is 5.69 Å². The van der Waals surface area contributed by atoms with Crippen molar-refractivity contribution in [2.24, 2.45) is 0 Å². The molecule has 22 heavy (non-hydrogen) atoms. The monoisotopic (exact) mass is 317 g/mol. The maximum atomic E-state index is 9.33. The summed E-state index contributed by atoms with van der Waals surface area (Å²) in [4.78, 5) is 8.57. The molecule has 0 aliphatic carbocycles. The molecule has 0 fully saturated rings. The highest BCUT2D eigenvalue weighted by Gasteiger charge is 2.13. The van der Waals surface area contributed by atoms with E-state index in [0.29, 0.717) is 16.5 Å². The number of hydrogen-bond acceptors (Lipinski definition) is 5. The second-order valence-electron chi connectivity index (χ2n) is 4.92. The normalized spacial score (nSPS) is 12.5. The third-order valence-electron chi connectivity index (χ3n) is 3.49. The highest BCUT2D eigenvalue weighted by atomic mass is 35.5. The maximum absolute atomic E-state index is 9.33. The number of benzene rings is 1. The van der Waals surface area contributed by atoms with Crippen LogP contribution < -0.4 is 5.32 Å². The van der Waals surface area contributed by atoms with Crippen LogP contribution in [-0.4, -0.2) is 37.5 Å². The van der Waals surface area contributed by atoms with Gasteiger partial charge in [0.1, 0.15) is 12.1 Å². The summed E-state index contributed by atoms with van der Waals surface area (Å²) in [5, 5.41) is 18.4. The molecule has 0 aliphatic rings. The second-order valence-corrected chi connectivity index (χ2v) is 5.36. The largest absolute Gasteiger partial charge is 0.394 e. The van der Waals surface area contributed by atoms with Gasteiger partial charge in [-0.1, -0.05) is 18.5 Å². The van der Waals surface area contributed by atoms with E-state index in [2.05, 4.69) is 20.4 Å². The number of nitrogens with zero attached hydrogens (tertiary/aromatic N) is 4. The summed E-state index contributed by atoms with van der Waals surface area (Å²) in [6, 6.07) is 7.34. The van der Waals surface area contributed by atoms with Crippen LogP contribution in [0.15, 0.2) is 36.8 Å². The predicted molar refractivity (Wildman–Crippen MR) is 86.5 cm³/mol. The minimum Gasteiger partial charge on any atom is -0.394 e. The number of fused-ring (bicyclic) bond motifs is 1. The van der Waals surface area contributed by atoms with Gasteiger partial charge in [-0.15, -0.1) is 0 Å². The zero-order chi connectivity index (χ0) is 15.5. The van der Waals surface area contributed by atoms with Gasteiger partial charge in [-0.05, 0) is 30.7 Å². The zero-order valence-corrected chi connectivity index (χ0v) is 12.8. The van der Waals surface area contributed by atoms with Gasteiger partial charge in [0.25, 0.3) is 0 Å². The Morgan fingerprint density at radius 2 is 2.05 bits per heavy atom. The average Bonchev–Trinajstić information content (AvgIpc) is 2.98. The summed E-state index contributed by atoms with van der Waals surface area (Å²) < 4.78 is 1.73. The van der Waals surface area contributed by atoms with Gasteiger partial charge in [0.05, 0.1) is 29.9 Å². The lowest BCUT2D eigenvalue weighted by atomic mass is 10.2. The van der Waals surface area contributed by atoms with E-state index >= 15 is 0 Å². The topological polar surface area (TPSA) is 75.9 Å². The highest BCUT2D eigenvalue weighted by Crippen LogP contribution is 2.23. The Kier molecular flexibility index (Phi) is 4.22. The Balaban J connectivity index is 2.03. The lowest BCUT2D eigenvalue weighted by Crippen LogP contribution is -2.23. The van der Waals surface area contributed by atoms with E-state index in [4.69, 9.17) is 11.6 Å². The number of rotatable bonds is 5. The molecule has 0 radical (unpaired) electrons. The number of anilines is 1. The molecule has 0 spiro atoms. The molecular formula is C15H16ClN5O. The minimum atomic E-state index is -0.0445. The van der Waals surface area contributed by atoms with Crippen LogP contribution in [0.2, 0.25) is 5.02 Å².